The van der Waals surface area contributed by atoms with Crippen LogP contribution in [0.2, 0.25) is 0 Å². The third kappa shape index (κ3) is 3.38. The molecule has 0 atom stereocenters. The summed E-state index contributed by atoms with van der Waals surface area (Å²) in [5, 5.41) is 0. The fraction of sp³-hybridized carbons (Fsp3) is 0.542. The van der Waals surface area contributed by atoms with Crippen molar-refractivity contribution in [2.24, 2.45) is 7.05 Å². The molecule has 2 aromatic rings. The van der Waals surface area contributed by atoms with Crippen LogP contribution in [0.15, 0.2) is 30.5 Å². The molecule has 0 saturated heterocycles. The standard InChI is InChI=1S/C24H34N/c1-17-14-19(24(6)12-8-9-13-24)10-11-20(17)22-15-18(2)21(16-25(22)7)23(3,4)5/h10-11,14-16H,8-9,12-13H2,1-7H3/q+1. The molecule has 134 valence electrons. The zero-order chi connectivity index (χ0) is 18.4. The second kappa shape index (κ2) is 6.27. The molecule has 1 heterocycles. The van der Waals surface area contributed by atoms with Crippen LogP contribution in [0.3, 0.4) is 0 Å². The highest BCUT2D eigenvalue weighted by molar-refractivity contribution is 5.63. The minimum atomic E-state index is 0.177. The average Bonchev–Trinajstić information content (AvgIpc) is 2.96. The lowest BCUT2D eigenvalue weighted by Crippen LogP contribution is -2.34. The number of aryl methyl sites for hydroxylation is 3. The Labute approximate surface area is 154 Å². The van der Waals surface area contributed by atoms with Crippen molar-refractivity contribution in [2.75, 3.05) is 0 Å². The molecule has 1 aliphatic rings. The zero-order valence-electron chi connectivity index (χ0n) is 17.2. The minimum absolute atomic E-state index is 0.177. The monoisotopic (exact) mass is 336 g/mol. The van der Waals surface area contributed by atoms with E-state index in [0.29, 0.717) is 5.41 Å². The summed E-state index contributed by atoms with van der Waals surface area (Å²) >= 11 is 0. The van der Waals surface area contributed by atoms with Crippen molar-refractivity contribution in [3.05, 3.63) is 52.7 Å². The molecule has 0 aliphatic heterocycles. The Morgan fingerprint density at radius 3 is 2.16 bits per heavy atom. The largest absolute Gasteiger partial charge is 0.212 e. The lowest BCUT2D eigenvalue weighted by molar-refractivity contribution is -0.661. The van der Waals surface area contributed by atoms with Crippen LogP contribution in [0, 0.1) is 13.8 Å². The van der Waals surface area contributed by atoms with Gasteiger partial charge in [0.1, 0.15) is 7.05 Å². The molecular formula is C24H34N+. The van der Waals surface area contributed by atoms with Crippen molar-refractivity contribution < 1.29 is 4.57 Å². The summed E-state index contributed by atoms with van der Waals surface area (Å²) < 4.78 is 2.30. The maximum absolute atomic E-state index is 2.44. The van der Waals surface area contributed by atoms with Crippen molar-refractivity contribution in [1.82, 2.24) is 0 Å². The first-order valence-electron chi connectivity index (χ1n) is 9.74. The van der Waals surface area contributed by atoms with Crippen LogP contribution in [0.25, 0.3) is 11.3 Å². The molecule has 1 nitrogen and oxygen atoms in total. The summed E-state index contributed by atoms with van der Waals surface area (Å²) in [4.78, 5) is 0. The fourth-order valence-corrected chi connectivity index (χ4v) is 4.57. The van der Waals surface area contributed by atoms with E-state index in [0.717, 1.165) is 0 Å². The van der Waals surface area contributed by atoms with Gasteiger partial charge in [-0.2, -0.15) is 0 Å². The first-order valence-corrected chi connectivity index (χ1v) is 9.74. The Morgan fingerprint density at radius 2 is 1.60 bits per heavy atom. The lowest BCUT2D eigenvalue weighted by Gasteiger charge is -2.25. The second-order valence-corrected chi connectivity index (χ2v) is 9.41. The predicted molar refractivity (Wildman–Crippen MR) is 107 cm³/mol. The van der Waals surface area contributed by atoms with E-state index >= 15 is 0 Å². The zero-order valence-corrected chi connectivity index (χ0v) is 17.2. The SMILES string of the molecule is Cc1cc(C2(C)CCCC2)ccc1-c1cc(C)c(C(C)(C)C)c[n+]1C. The van der Waals surface area contributed by atoms with Gasteiger partial charge < -0.3 is 0 Å². The molecule has 0 spiro atoms. The molecule has 0 bridgehead atoms. The molecule has 1 aromatic heterocycles. The number of aromatic nitrogens is 1. The number of pyridine rings is 1. The van der Waals surface area contributed by atoms with Gasteiger partial charge in [-0.05, 0) is 60.3 Å². The number of hydrogen-bond acceptors (Lipinski definition) is 0. The highest BCUT2D eigenvalue weighted by Gasteiger charge is 2.31. The fourth-order valence-electron chi connectivity index (χ4n) is 4.57. The Kier molecular flexibility index (Phi) is 4.56. The highest BCUT2D eigenvalue weighted by Crippen LogP contribution is 2.41. The van der Waals surface area contributed by atoms with E-state index in [2.05, 4.69) is 83.6 Å². The molecular weight excluding hydrogens is 302 g/mol. The Bertz CT molecular complexity index is 786. The van der Waals surface area contributed by atoms with Crippen LogP contribution >= 0.6 is 0 Å². The van der Waals surface area contributed by atoms with E-state index in [9.17, 15) is 0 Å². The maximum atomic E-state index is 2.44. The Balaban J connectivity index is 2.04. The molecule has 1 aromatic carbocycles. The van der Waals surface area contributed by atoms with Gasteiger partial charge in [0.05, 0.1) is 0 Å². The molecule has 0 unspecified atom stereocenters. The summed E-state index contributed by atoms with van der Waals surface area (Å²) in [7, 11) is 2.18. The van der Waals surface area contributed by atoms with E-state index < -0.39 is 0 Å². The molecule has 1 saturated carbocycles. The minimum Gasteiger partial charge on any atom is -0.201 e. The van der Waals surface area contributed by atoms with Gasteiger partial charge in [-0.1, -0.05) is 52.7 Å². The van der Waals surface area contributed by atoms with Gasteiger partial charge in [0.25, 0.3) is 0 Å². The first-order chi connectivity index (χ1) is 11.6. The van der Waals surface area contributed by atoms with Crippen LogP contribution in [0.4, 0.5) is 0 Å². The van der Waals surface area contributed by atoms with E-state index in [4.69, 9.17) is 0 Å². The highest BCUT2D eigenvalue weighted by atomic mass is 14.9. The maximum Gasteiger partial charge on any atom is 0.212 e. The van der Waals surface area contributed by atoms with Gasteiger partial charge >= 0.3 is 0 Å². The summed E-state index contributed by atoms with van der Waals surface area (Å²) in [6, 6.07) is 9.52. The van der Waals surface area contributed by atoms with Gasteiger partial charge in [0.2, 0.25) is 5.69 Å². The van der Waals surface area contributed by atoms with Gasteiger partial charge in [-0.15, -0.1) is 0 Å². The summed E-state index contributed by atoms with van der Waals surface area (Å²) in [6.45, 7) is 13.8. The van der Waals surface area contributed by atoms with Crippen molar-refractivity contribution in [3.63, 3.8) is 0 Å². The van der Waals surface area contributed by atoms with E-state index in [1.54, 1.807) is 0 Å². The normalized spacial score (nSPS) is 17.1. The number of nitrogens with zero attached hydrogens (tertiary/aromatic N) is 1. The quantitative estimate of drug-likeness (QED) is 0.599. The third-order valence-corrected chi connectivity index (χ3v) is 6.20. The molecule has 0 amide bonds. The Hall–Kier alpha value is -1.63. The molecule has 1 aliphatic carbocycles. The molecule has 0 radical (unpaired) electrons. The molecule has 1 heteroatoms. The average molecular weight is 337 g/mol. The molecule has 25 heavy (non-hydrogen) atoms. The molecule has 3 rings (SSSR count). The summed E-state index contributed by atoms with van der Waals surface area (Å²) in [5.74, 6) is 0. The smallest absolute Gasteiger partial charge is 0.201 e. The van der Waals surface area contributed by atoms with Gasteiger partial charge in [-0.3, -0.25) is 0 Å². The molecule has 0 N–H and O–H groups in total. The van der Waals surface area contributed by atoms with Crippen LogP contribution in [0.1, 0.15) is 75.6 Å². The van der Waals surface area contributed by atoms with Gasteiger partial charge in [0, 0.05) is 17.2 Å². The van der Waals surface area contributed by atoms with E-state index in [1.807, 2.05) is 0 Å². The summed E-state index contributed by atoms with van der Waals surface area (Å²) in [5.41, 5.74) is 8.95. The van der Waals surface area contributed by atoms with Crippen LogP contribution in [-0.4, -0.2) is 0 Å². The number of rotatable bonds is 2. The Morgan fingerprint density at radius 1 is 0.960 bits per heavy atom. The first kappa shape index (κ1) is 18.2. The van der Waals surface area contributed by atoms with E-state index in [-0.39, 0.29) is 5.41 Å². The number of benzene rings is 1. The second-order valence-electron chi connectivity index (χ2n) is 9.41. The van der Waals surface area contributed by atoms with Crippen molar-refractivity contribution in [1.29, 1.82) is 0 Å². The third-order valence-electron chi connectivity index (χ3n) is 6.20. The van der Waals surface area contributed by atoms with E-state index in [1.165, 1.54) is 59.2 Å². The van der Waals surface area contributed by atoms with Gasteiger partial charge in [-0.25, -0.2) is 4.57 Å². The predicted octanol–water partition coefficient (Wildman–Crippen LogP) is 5.92. The van der Waals surface area contributed by atoms with Crippen molar-refractivity contribution >= 4 is 0 Å². The topological polar surface area (TPSA) is 3.88 Å². The van der Waals surface area contributed by atoms with Crippen molar-refractivity contribution in [3.8, 4) is 11.3 Å². The van der Waals surface area contributed by atoms with Crippen LogP contribution < -0.4 is 4.57 Å². The summed E-state index contributed by atoms with van der Waals surface area (Å²) in [6.07, 6.45) is 7.73. The van der Waals surface area contributed by atoms with Crippen LogP contribution in [0.5, 0.6) is 0 Å². The van der Waals surface area contributed by atoms with Crippen molar-refractivity contribution in [2.45, 2.75) is 78.1 Å². The van der Waals surface area contributed by atoms with Gasteiger partial charge in [0.15, 0.2) is 6.20 Å². The lowest BCUT2D eigenvalue weighted by atomic mass is 9.79. The number of hydrogen-bond donors (Lipinski definition) is 0. The van der Waals surface area contributed by atoms with Crippen LogP contribution in [-0.2, 0) is 17.9 Å². The molecule has 1 fully saturated rings.